The third kappa shape index (κ3) is 7.48. The average molecular weight is 572 g/mol. The molecule has 8 heteroatoms. The fourth-order valence-corrected chi connectivity index (χ4v) is 6.09. The first-order chi connectivity index (χ1) is 19.9. The highest BCUT2D eigenvalue weighted by Gasteiger charge is 2.27. The number of hydrogen-bond acceptors (Lipinski definition) is 5. The molecule has 3 aromatic rings. The summed E-state index contributed by atoms with van der Waals surface area (Å²) >= 11 is 0. The summed E-state index contributed by atoms with van der Waals surface area (Å²) in [5.41, 5.74) is 7.80. The maximum absolute atomic E-state index is 13.7. The number of aromatic amines is 1. The number of nitrogens with one attached hydrogen (secondary N) is 3. The molecule has 1 saturated carbocycles. The monoisotopic (exact) mass is 571 g/mol. The number of aryl methyl sites for hydroxylation is 2. The van der Waals surface area contributed by atoms with Crippen LogP contribution in [0, 0.1) is 20.8 Å². The lowest BCUT2D eigenvalue weighted by Gasteiger charge is -2.37. The van der Waals surface area contributed by atoms with Crippen LogP contribution >= 0.6 is 0 Å². The number of amides is 2. The van der Waals surface area contributed by atoms with Gasteiger partial charge in [-0.1, -0.05) is 24.3 Å². The Morgan fingerprint density at radius 2 is 1.60 bits per heavy atom. The Balaban J connectivity index is 1.66. The molecule has 0 aliphatic heterocycles. The first-order valence-electron chi connectivity index (χ1n) is 14.8. The summed E-state index contributed by atoms with van der Waals surface area (Å²) in [6.45, 7) is 8.32. The van der Waals surface area contributed by atoms with Crippen molar-refractivity contribution in [3.8, 4) is 11.1 Å². The number of carbonyl (C=O) groups is 2. The second-order valence-electron chi connectivity index (χ2n) is 12.0. The van der Waals surface area contributed by atoms with E-state index in [1.54, 1.807) is 6.92 Å². The van der Waals surface area contributed by atoms with Crippen LogP contribution in [-0.2, 0) is 17.9 Å². The fraction of sp³-hybridized carbons (Fsp3) is 0.441. The minimum absolute atomic E-state index is 0.0189. The van der Waals surface area contributed by atoms with E-state index in [4.69, 9.17) is 0 Å². The smallest absolute Gasteiger partial charge is 0.253 e. The van der Waals surface area contributed by atoms with Crippen LogP contribution in [0.4, 0.5) is 5.69 Å². The van der Waals surface area contributed by atoms with Crippen LogP contribution in [0.2, 0.25) is 0 Å². The van der Waals surface area contributed by atoms with E-state index >= 15 is 0 Å². The third-order valence-electron chi connectivity index (χ3n) is 8.36. The Kier molecular flexibility index (Phi) is 9.89. The predicted molar refractivity (Wildman–Crippen MR) is 170 cm³/mol. The molecule has 3 N–H and O–H groups in total. The molecule has 2 amide bonds. The SMILES string of the molecule is CC(=O)N[C@H]1CC[C@@H](N(C)c2cc(-c3ccc(CN(C)C)cc3)cc(C(=O)NCc3c(C)cc(C)[nH]c3=O)c2C)CC1. The van der Waals surface area contributed by atoms with Gasteiger partial charge in [-0.3, -0.25) is 14.4 Å². The van der Waals surface area contributed by atoms with Crippen LogP contribution in [0.3, 0.4) is 0 Å². The molecule has 224 valence electrons. The molecule has 0 atom stereocenters. The summed E-state index contributed by atoms with van der Waals surface area (Å²) < 4.78 is 0. The van der Waals surface area contributed by atoms with Crippen molar-refractivity contribution in [1.82, 2.24) is 20.5 Å². The zero-order valence-corrected chi connectivity index (χ0v) is 26.1. The summed E-state index contributed by atoms with van der Waals surface area (Å²) in [7, 11) is 6.21. The Morgan fingerprint density at radius 3 is 2.19 bits per heavy atom. The molecule has 0 radical (unpaired) electrons. The maximum atomic E-state index is 13.7. The van der Waals surface area contributed by atoms with Crippen molar-refractivity contribution in [2.45, 2.75) is 78.6 Å². The minimum atomic E-state index is -0.207. The van der Waals surface area contributed by atoms with Gasteiger partial charge in [0.25, 0.3) is 11.5 Å². The zero-order valence-electron chi connectivity index (χ0n) is 26.1. The minimum Gasteiger partial charge on any atom is -0.371 e. The molecule has 4 rings (SSSR count). The molecule has 1 aliphatic carbocycles. The van der Waals surface area contributed by atoms with E-state index < -0.39 is 0 Å². The molecule has 1 heterocycles. The van der Waals surface area contributed by atoms with Gasteiger partial charge in [-0.2, -0.15) is 0 Å². The molecule has 0 spiro atoms. The van der Waals surface area contributed by atoms with Crippen LogP contribution in [0.5, 0.6) is 0 Å². The van der Waals surface area contributed by atoms with Gasteiger partial charge in [0.1, 0.15) is 0 Å². The second-order valence-corrected chi connectivity index (χ2v) is 12.0. The quantitative estimate of drug-likeness (QED) is 0.342. The molecule has 1 aliphatic rings. The number of aromatic nitrogens is 1. The van der Waals surface area contributed by atoms with Crippen molar-refractivity contribution in [2.24, 2.45) is 0 Å². The van der Waals surface area contributed by atoms with Crippen molar-refractivity contribution in [3.63, 3.8) is 0 Å². The first kappa shape index (κ1) is 31.0. The van der Waals surface area contributed by atoms with Gasteiger partial charge in [-0.25, -0.2) is 0 Å². The van der Waals surface area contributed by atoms with Gasteiger partial charge in [0.05, 0.1) is 0 Å². The number of nitrogens with zero attached hydrogens (tertiary/aromatic N) is 2. The van der Waals surface area contributed by atoms with Crippen molar-refractivity contribution in [3.05, 3.63) is 86.3 Å². The number of H-pyrrole nitrogens is 1. The van der Waals surface area contributed by atoms with Gasteiger partial charge >= 0.3 is 0 Å². The largest absolute Gasteiger partial charge is 0.371 e. The predicted octanol–water partition coefficient (Wildman–Crippen LogP) is 4.84. The van der Waals surface area contributed by atoms with Crippen molar-refractivity contribution >= 4 is 17.5 Å². The average Bonchev–Trinajstić information content (AvgIpc) is 2.92. The molecule has 42 heavy (non-hydrogen) atoms. The van der Waals surface area contributed by atoms with Gasteiger partial charge in [-0.05, 0) is 107 Å². The Bertz CT molecular complexity index is 1480. The molecule has 0 saturated heterocycles. The lowest BCUT2D eigenvalue weighted by atomic mass is 9.89. The van der Waals surface area contributed by atoms with Gasteiger partial charge in [0.15, 0.2) is 0 Å². The van der Waals surface area contributed by atoms with E-state index in [9.17, 15) is 14.4 Å². The number of anilines is 1. The molecule has 1 fully saturated rings. The Hall–Kier alpha value is -3.91. The third-order valence-corrected chi connectivity index (χ3v) is 8.36. The van der Waals surface area contributed by atoms with E-state index in [1.807, 2.05) is 32.9 Å². The highest BCUT2D eigenvalue weighted by atomic mass is 16.2. The van der Waals surface area contributed by atoms with Crippen molar-refractivity contribution < 1.29 is 9.59 Å². The van der Waals surface area contributed by atoms with E-state index in [0.29, 0.717) is 17.2 Å². The van der Waals surface area contributed by atoms with Crippen molar-refractivity contribution in [2.75, 3.05) is 26.0 Å². The van der Waals surface area contributed by atoms with Crippen molar-refractivity contribution in [1.29, 1.82) is 0 Å². The van der Waals surface area contributed by atoms with Gasteiger partial charge < -0.3 is 25.4 Å². The number of carbonyl (C=O) groups excluding carboxylic acids is 2. The van der Waals surface area contributed by atoms with Gasteiger partial charge in [0, 0.05) is 61.7 Å². The molecule has 0 bridgehead atoms. The lowest BCUT2D eigenvalue weighted by molar-refractivity contribution is -0.119. The zero-order chi connectivity index (χ0) is 30.6. The first-order valence-corrected chi connectivity index (χ1v) is 14.8. The highest BCUT2D eigenvalue weighted by molar-refractivity contribution is 5.99. The number of pyridine rings is 1. The maximum Gasteiger partial charge on any atom is 0.253 e. The fourth-order valence-electron chi connectivity index (χ4n) is 6.09. The number of benzene rings is 2. The molecule has 2 aromatic carbocycles. The molecule has 1 aromatic heterocycles. The van der Waals surface area contributed by atoms with Crippen LogP contribution in [0.25, 0.3) is 11.1 Å². The van der Waals surface area contributed by atoms with E-state index in [1.165, 1.54) is 5.56 Å². The Labute approximate surface area is 249 Å². The van der Waals surface area contributed by atoms with Gasteiger partial charge in [0.2, 0.25) is 5.91 Å². The standard InChI is InChI=1S/C34H45N5O3/c1-21-16-22(2)36-34(42)31(21)19-35-33(41)30-17-27(26-10-8-25(9-11-26)20-38(5)6)18-32(23(30)3)39(7)29-14-12-28(13-15-29)37-24(4)40/h8-11,16-18,28-29H,12-15,19-20H2,1-7H3,(H,35,41)(H,36,42)(H,37,40)/t28-,29+. The van der Waals surface area contributed by atoms with Crippen LogP contribution in [0.1, 0.15) is 70.9 Å². The molecular weight excluding hydrogens is 526 g/mol. The second kappa shape index (κ2) is 13.4. The van der Waals surface area contributed by atoms with Gasteiger partial charge in [-0.15, -0.1) is 0 Å². The van der Waals surface area contributed by atoms with E-state index in [0.717, 1.165) is 65.9 Å². The Morgan fingerprint density at radius 1 is 0.929 bits per heavy atom. The van der Waals surface area contributed by atoms with E-state index in [-0.39, 0.29) is 30.0 Å². The summed E-state index contributed by atoms with van der Waals surface area (Å²) in [5.74, 6) is -0.188. The highest BCUT2D eigenvalue weighted by Crippen LogP contribution is 2.34. The van der Waals surface area contributed by atoms with Crippen LogP contribution < -0.4 is 21.1 Å². The molecular formula is C34H45N5O3. The number of hydrogen-bond donors (Lipinski definition) is 3. The van der Waals surface area contributed by atoms with Crippen LogP contribution in [-0.4, -0.2) is 54.9 Å². The van der Waals surface area contributed by atoms with E-state index in [2.05, 4.69) is 76.9 Å². The molecule has 0 unspecified atom stereocenters. The topological polar surface area (TPSA) is 97.5 Å². The summed E-state index contributed by atoms with van der Waals surface area (Å²) in [6, 6.07) is 15.1. The summed E-state index contributed by atoms with van der Waals surface area (Å²) in [5, 5.41) is 6.08. The number of rotatable bonds is 9. The summed E-state index contributed by atoms with van der Waals surface area (Å²) in [4.78, 5) is 45.1. The normalized spacial score (nSPS) is 16.8. The van der Waals surface area contributed by atoms with Crippen LogP contribution in [0.15, 0.2) is 47.3 Å². The summed E-state index contributed by atoms with van der Waals surface area (Å²) in [6.07, 6.45) is 3.78. The lowest BCUT2D eigenvalue weighted by Crippen LogP contribution is -2.42. The molecule has 8 nitrogen and oxygen atoms in total.